The van der Waals surface area contributed by atoms with Crippen molar-refractivity contribution in [2.45, 2.75) is 27.2 Å². The number of furan rings is 1. The summed E-state index contributed by atoms with van der Waals surface area (Å²) in [5.41, 5.74) is 6.96. The largest absolute Gasteiger partial charge is 0.456 e. The van der Waals surface area contributed by atoms with E-state index in [0.29, 0.717) is 5.92 Å². The normalized spacial score (nSPS) is 12.0. The van der Waals surface area contributed by atoms with E-state index >= 15 is 0 Å². The molecule has 2 aromatic heterocycles. The maximum absolute atomic E-state index is 6.46. The first-order valence-electron chi connectivity index (χ1n) is 11.8. The van der Waals surface area contributed by atoms with Crippen LogP contribution in [0.2, 0.25) is 0 Å². The highest BCUT2D eigenvalue weighted by molar-refractivity contribution is 6.19. The molecule has 0 aliphatic rings. The van der Waals surface area contributed by atoms with Crippen LogP contribution in [0.4, 0.5) is 0 Å². The van der Waals surface area contributed by atoms with Gasteiger partial charge in [-0.15, -0.1) is 0 Å². The maximum atomic E-state index is 6.46. The zero-order valence-corrected chi connectivity index (χ0v) is 19.6. The summed E-state index contributed by atoms with van der Waals surface area (Å²) in [6.07, 6.45) is 3.27. The molecule has 0 spiro atoms. The Morgan fingerprint density at radius 1 is 0.818 bits per heavy atom. The second kappa shape index (κ2) is 7.45. The second-order valence-corrected chi connectivity index (χ2v) is 9.67. The number of rotatable bonds is 3. The molecule has 6 aromatic rings. The number of nitrogens with zero attached hydrogens (tertiary/aromatic N) is 1. The van der Waals surface area contributed by atoms with E-state index in [1.54, 1.807) is 0 Å². The van der Waals surface area contributed by atoms with E-state index in [1.165, 1.54) is 54.7 Å². The molecule has 0 bridgehead atoms. The average Bonchev–Trinajstić information content (AvgIpc) is 3.20. The molecule has 0 unspecified atom stereocenters. The summed E-state index contributed by atoms with van der Waals surface area (Å²) in [5.74, 6) is 0.649. The molecule has 2 heteroatoms. The number of hydrogen-bond donors (Lipinski definition) is 0. The Kier molecular flexibility index (Phi) is 4.51. The van der Waals surface area contributed by atoms with Crippen molar-refractivity contribution >= 4 is 43.5 Å². The lowest BCUT2D eigenvalue weighted by atomic mass is 9.94. The van der Waals surface area contributed by atoms with E-state index in [-0.39, 0.29) is 0 Å². The van der Waals surface area contributed by atoms with Gasteiger partial charge in [0.2, 0.25) is 5.69 Å². The first-order valence-corrected chi connectivity index (χ1v) is 11.8. The Labute approximate surface area is 194 Å². The van der Waals surface area contributed by atoms with Gasteiger partial charge >= 0.3 is 0 Å². The average molecular weight is 431 g/mol. The van der Waals surface area contributed by atoms with Crippen LogP contribution < -0.4 is 4.57 Å². The Hall–Kier alpha value is -3.65. The first-order chi connectivity index (χ1) is 16.0. The molecule has 162 valence electrons. The molecule has 0 aliphatic carbocycles. The highest BCUT2D eigenvalue weighted by Gasteiger charge is 2.21. The predicted molar refractivity (Wildman–Crippen MR) is 139 cm³/mol. The maximum Gasteiger partial charge on any atom is 0.220 e. The molecule has 2 heterocycles. The zero-order chi connectivity index (χ0) is 22.7. The van der Waals surface area contributed by atoms with Gasteiger partial charge in [0.15, 0.2) is 6.20 Å². The summed E-state index contributed by atoms with van der Waals surface area (Å²) in [6, 6.07) is 26.5. The first kappa shape index (κ1) is 20.0. The van der Waals surface area contributed by atoms with Gasteiger partial charge in [-0.3, -0.25) is 0 Å². The van der Waals surface area contributed by atoms with Gasteiger partial charge in [-0.1, -0.05) is 56.3 Å². The lowest BCUT2D eigenvalue weighted by Gasteiger charge is -2.10. The van der Waals surface area contributed by atoms with Gasteiger partial charge in [0.1, 0.15) is 18.2 Å². The summed E-state index contributed by atoms with van der Waals surface area (Å²) < 4.78 is 8.69. The summed E-state index contributed by atoms with van der Waals surface area (Å²) in [4.78, 5) is 0. The SMILES string of the molecule is Cc1c(-c2c3ccc(CC(C)C)cc3cc[n+]2C)ccc2c1oc1ccc3ccccc3c12. The number of hydrogen-bond acceptors (Lipinski definition) is 1. The quantitative estimate of drug-likeness (QED) is 0.261. The van der Waals surface area contributed by atoms with E-state index in [9.17, 15) is 0 Å². The Morgan fingerprint density at radius 2 is 1.64 bits per heavy atom. The molecule has 0 saturated carbocycles. The Bertz CT molecular complexity index is 1690. The molecule has 0 radical (unpaired) electrons. The summed E-state index contributed by atoms with van der Waals surface area (Å²) in [6.45, 7) is 6.74. The van der Waals surface area contributed by atoms with Crippen molar-refractivity contribution in [3.05, 3.63) is 90.1 Å². The summed E-state index contributed by atoms with van der Waals surface area (Å²) in [7, 11) is 2.13. The van der Waals surface area contributed by atoms with Gasteiger partial charge < -0.3 is 4.42 Å². The zero-order valence-electron chi connectivity index (χ0n) is 19.6. The molecule has 0 amide bonds. The molecule has 2 nitrogen and oxygen atoms in total. The third-order valence-electron chi connectivity index (χ3n) is 6.88. The van der Waals surface area contributed by atoms with E-state index in [2.05, 4.69) is 111 Å². The third-order valence-corrected chi connectivity index (χ3v) is 6.88. The highest BCUT2D eigenvalue weighted by Crippen LogP contribution is 2.39. The number of benzene rings is 4. The van der Waals surface area contributed by atoms with Crippen LogP contribution in [0, 0.1) is 12.8 Å². The van der Waals surface area contributed by atoms with Crippen molar-refractivity contribution in [3.63, 3.8) is 0 Å². The molecule has 0 aliphatic heterocycles. The van der Waals surface area contributed by atoms with Crippen LogP contribution in [0.1, 0.15) is 25.0 Å². The van der Waals surface area contributed by atoms with E-state index in [4.69, 9.17) is 4.42 Å². The second-order valence-electron chi connectivity index (χ2n) is 9.67. The molecule has 6 rings (SSSR count). The van der Waals surface area contributed by atoms with Crippen LogP contribution in [0.5, 0.6) is 0 Å². The van der Waals surface area contributed by atoms with Crippen LogP contribution in [-0.4, -0.2) is 0 Å². The van der Waals surface area contributed by atoms with Crippen molar-refractivity contribution in [3.8, 4) is 11.3 Å². The number of aromatic nitrogens is 1. The van der Waals surface area contributed by atoms with Crippen LogP contribution in [0.15, 0.2) is 83.4 Å². The Balaban J connectivity index is 1.61. The van der Waals surface area contributed by atoms with E-state index in [1.807, 2.05) is 0 Å². The van der Waals surface area contributed by atoms with Gasteiger partial charge in [0, 0.05) is 22.4 Å². The smallest absolute Gasteiger partial charge is 0.220 e. The van der Waals surface area contributed by atoms with Gasteiger partial charge in [-0.2, -0.15) is 0 Å². The topological polar surface area (TPSA) is 17.0 Å². The predicted octanol–water partition coefficient (Wildman–Crippen LogP) is 7.89. The number of aryl methyl sites for hydroxylation is 2. The fourth-order valence-corrected chi connectivity index (χ4v) is 5.36. The van der Waals surface area contributed by atoms with Crippen LogP contribution in [0.25, 0.3) is 54.7 Å². The van der Waals surface area contributed by atoms with Crippen molar-refractivity contribution in [1.82, 2.24) is 0 Å². The van der Waals surface area contributed by atoms with Crippen LogP contribution in [-0.2, 0) is 13.5 Å². The number of fused-ring (bicyclic) bond motifs is 6. The minimum absolute atomic E-state index is 0.649. The minimum Gasteiger partial charge on any atom is -0.456 e. The lowest BCUT2D eigenvalue weighted by Crippen LogP contribution is -2.30. The molecule has 33 heavy (non-hydrogen) atoms. The minimum atomic E-state index is 0.649. The lowest BCUT2D eigenvalue weighted by molar-refractivity contribution is -0.659. The van der Waals surface area contributed by atoms with Gasteiger partial charge in [-0.25, -0.2) is 4.57 Å². The standard InChI is InChI=1S/C31H28NO/c1-19(2)17-21-9-11-26-23(18-21)15-16-32(4)30(26)24-12-13-27-29-25-8-6-5-7-22(25)10-14-28(29)33-31(27)20(24)3/h5-16,18-19H,17H2,1-4H3/q+1. The molecule has 4 aromatic carbocycles. The molecular formula is C31H28NO+. The monoisotopic (exact) mass is 430 g/mol. The van der Waals surface area contributed by atoms with Crippen molar-refractivity contribution in [2.24, 2.45) is 13.0 Å². The van der Waals surface area contributed by atoms with Crippen LogP contribution >= 0.6 is 0 Å². The van der Waals surface area contributed by atoms with Gasteiger partial charge in [-0.05, 0) is 65.3 Å². The summed E-state index contributed by atoms with van der Waals surface area (Å²) in [5, 5.41) is 7.44. The Morgan fingerprint density at radius 3 is 2.48 bits per heavy atom. The fraction of sp³-hybridized carbons (Fsp3) is 0.194. The summed E-state index contributed by atoms with van der Waals surface area (Å²) >= 11 is 0. The third kappa shape index (κ3) is 3.13. The van der Waals surface area contributed by atoms with Crippen LogP contribution in [0.3, 0.4) is 0 Å². The molecule has 0 atom stereocenters. The van der Waals surface area contributed by atoms with E-state index in [0.717, 1.165) is 17.6 Å². The van der Waals surface area contributed by atoms with Crippen molar-refractivity contribution in [2.75, 3.05) is 0 Å². The molecule has 0 saturated heterocycles. The van der Waals surface area contributed by atoms with Gasteiger partial charge in [0.05, 0.1) is 10.9 Å². The molecule has 0 fully saturated rings. The van der Waals surface area contributed by atoms with Crippen molar-refractivity contribution in [1.29, 1.82) is 0 Å². The fourth-order valence-electron chi connectivity index (χ4n) is 5.36. The van der Waals surface area contributed by atoms with Crippen molar-refractivity contribution < 1.29 is 8.98 Å². The number of pyridine rings is 1. The van der Waals surface area contributed by atoms with Gasteiger partial charge in [0.25, 0.3) is 0 Å². The van der Waals surface area contributed by atoms with E-state index < -0.39 is 0 Å². The highest BCUT2D eigenvalue weighted by atomic mass is 16.3. The molecule has 0 N–H and O–H groups in total. The molecular weight excluding hydrogens is 402 g/mol.